The van der Waals surface area contributed by atoms with Gasteiger partial charge in [0.1, 0.15) is 17.5 Å². The van der Waals surface area contributed by atoms with Gasteiger partial charge in [-0.05, 0) is 24.3 Å². The zero-order chi connectivity index (χ0) is 17.1. The van der Waals surface area contributed by atoms with Crippen LogP contribution in [0.3, 0.4) is 0 Å². The van der Waals surface area contributed by atoms with E-state index in [1.54, 1.807) is 18.6 Å². The van der Waals surface area contributed by atoms with E-state index in [0.717, 1.165) is 16.2 Å². The van der Waals surface area contributed by atoms with Crippen LogP contribution in [0.15, 0.2) is 58.0 Å². The van der Waals surface area contributed by atoms with Gasteiger partial charge in [-0.15, -0.1) is 0 Å². The Labute approximate surface area is 144 Å². The van der Waals surface area contributed by atoms with E-state index in [1.165, 1.54) is 6.33 Å². The molecule has 0 aromatic carbocycles. The Bertz CT molecular complexity index is 1340. The van der Waals surface area contributed by atoms with Crippen LogP contribution in [0.4, 0.5) is 0 Å². The van der Waals surface area contributed by atoms with E-state index in [-0.39, 0.29) is 0 Å². The van der Waals surface area contributed by atoms with Crippen LogP contribution < -0.4 is 0 Å². The first-order chi connectivity index (χ1) is 12.9. The summed E-state index contributed by atoms with van der Waals surface area (Å²) >= 11 is 0. The molecule has 26 heavy (non-hydrogen) atoms. The molecule has 122 valence electrons. The van der Waals surface area contributed by atoms with E-state index in [2.05, 4.69) is 29.9 Å². The van der Waals surface area contributed by atoms with Crippen LogP contribution in [0.1, 0.15) is 0 Å². The maximum atomic E-state index is 5.71. The van der Waals surface area contributed by atoms with Crippen LogP contribution in [0.5, 0.6) is 0 Å². The minimum absolute atomic E-state index is 0.425. The van der Waals surface area contributed by atoms with Crippen LogP contribution in [0, 0.1) is 0 Å². The van der Waals surface area contributed by atoms with Gasteiger partial charge in [0.2, 0.25) is 22.9 Å². The van der Waals surface area contributed by atoms with E-state index in [9.17, 15) is 0 Å². The zero-order valence-electron chi connectivity index (χ0n) is 13.1. The predicted molar refractivity (Wildman–Crippen MR) is 93.2 cm³/mol. The number of rotatable bonds is 1. The number of fused-ring (bicyclic) bond motifs is 6. The van der Waals surface area contributed by atoms with Gasteiger partial charge in [0.25, 0.3) is 0 Å². The molecule has 8 nitrogen and oxygen atoms in total. The monoisotopic (exact) mass is 340 g/mol. The van der Waals surface area contributed by atoms with E-state index in [4.69, 9.17) is 8.83 Å². The Hall–Kier alpha value is -3.94. The van der Waals surface area contributed by atoms with Crippen molar-refractivity contribution in [2.24, 2.45) is 0 Å². The highest BCUT2D eigenvalue weighted by molar-refractivity contribution is 6.02. The normalized spacial score (nSPS) is 11.8. The fraction of sp³-hybridized carbons (Fsp3) is 0. The summed E-state index contributed by atoms with van der Waals surface area (Å²) in [5.41, 5.74) is 3.82. The molecule has 8 heteroatoms. The molecule has 0 fully saturated rings. The van der Waals surface area contributed by atoms with Gasteiger partial charge in [0.05, 0.1) is 28.0 Å². The third-order valence-corrected chi connectivity index (χ3v) is 4.24. The summed E-state index contributed by atoms with van der Waals surface area (Å²) in [6, 6.07) is 7.52. The van der Waals surface area contributed by atoms with Crippen molar-refractivity contribution in [3.05, 3.63) is 49.2 Å². The van der Waals surface area contributed by atoms with Crippen LogP contribution >= 0.6 is 0 Å². The van der Waals surface area contributed by atoms with Crippen molar-refractivity contribution >= 4 is 44.5 Å². The SMILES string of the molecule is c1cnc2oc3nc(-c4ccc5c(n4)oc4ncncc45)cnc3c2c1. The molecule has 0 atom stereocenters. The molecule has 6 rings (SSSR count). The fourth-order valence-corrected chi connectivity index (χ4v) is 3.04. The standard InChI is InChI=1S/C18H8N6O2/c1-2-10-14-18(26-15(10)20-5-1)24-13(7-21-14)12-4-3-9-11-6-19-8-22-16(11)25-17(9)23-12/h1-8H. The topological polar surface area (TPSA) is 104 Å². The summed E-state index contributed by atoms with van der Waals surface area (Å²) in [5.74, 6) is 0. The highest BCUT2D eigenvalue weighted by Gasteiger charge is 2.14. The molecule has 0 bridgehead atoms. The van der Waals surface area contributed by atoms with Crippen LogP contribution in [-0.4, -0.2) is 29.9 Å². The Balaban J connectivity index is 1.57. The number of furan rings is 2. The third kappa shape index (κ3) is 1.78. The van der Waals surface area contributed by atoms with Gasteiger partial charge in [-0.3, -0.25) is 0 Å². The molecule has 0 aliphatic rings. The van der Waals surface area contributed by atoms with Crippen LogP contribution in [-0.2, 0) is 0 Å². The summed E-state index contributed by atoms with van der Waals surface area (Å²) in [5, 5.41) is 2.51. The van der Waals surface area contributed by atoms with Gasteiger partial charge in [0.15, 0.2) is 0 Å². The average Bonchev–Trinajstić information content (AvgIpc) is 3.24. The van der Waals surface area contributed by atoms with Crippen molar-refractivity contribution < 1.29 is 8.83 Å². The first-order valence-corrected chi connectivity index (χ1v) is 7.87. The first-order valence-electron chi connectivity index (χ1n) is 7.87. The fourth-order valence-electron chi connectivity index (χ4n) is 3.04. The highest BCUT2D eigenvalue weighted by Crippen LogP contribution is 2.29. The van der Waals surface area contributed by atoms with Crippen molar-refractivity contribution in [2.75, 3.05) is 0 Å². The smallest absolute Gasteiger partial charge is 0.248 e. The van der Waals surface area contributed by atoms with Crippen LogP contribution in [0.25, 0.3) is 55.9 Å². The quantitative estimate of drug-likeness (QED) is 0.448. The third-order valence-electron chi connectivity index (χ3n) is 4.24. The second-order valence-electron chi connectivity index (χ2n) is 5.76. The number of aromatic nitrogens is 6. The van der Waals surface area contributed by atoms with Crippen molar-refractivity contribution in [3.8, 4) is 11.4 Å². The molecule has 0 aliphatic heterocycles. The molecule has 0 amide bonds. The molecule has 0 unspecified atom stereocenters. The van der Waals surface area contributed by atoms with Gasteiger partial charge >= 0.3 is 0 Å². The Kier molecular flexibility index (Phi) is 2.46. The maximum Gasteiger partial charge on any atom is 0.248 e. The van der Waals surface area contributed by atoms with E-state index in [1.807, 2.05) is 24.3 Å². The second-order valence-corrected chi connectivity index (χ2v) is 5.76. The Morgan fingerprint density at radius 3 is 2.54 bits per heavy atom. The van der Waals surface area contributed by atoms with Gasteiger partial charge < -0.3 is 8.83 Å². The molecule has 0 aliphatic carbocycles. The molecular weight excluding hydrogens is 332 g/mol. The largest absolute Gasteiger partial charge is 0.419 e. The molecule has 0 radical (unpaired) electrons. The maximum absolute atomic E-state index is 5.71. The first kappa shape index (κ1) is 13.4. The van der Waals surface area contributed by atoms with E-state index in [0.29, 0.717) is 39.8 Å². The number of nitrogens with zero attached hydrogens (tertiary/aromatic N) is 6. The molecule has 6 heterocycles. The van der Waals surface area contributed by atoms with E-state index >= 15 is 0 Å². The lowest BCUT2D eigenvalue weighted by Gasteiger charge is -1.99. The van der Waals surface area contributed by atoms with Crippen molar-refractivity contribution in [2.45, 2.75) is 0 Å². The van der Waals surface area contributed by atoms with E-state index < -0.39 is 0 Å². The van der Waals surface area contributed by atoms with Crippen LogP contribution in [0.2, 0.25) is 0 Å². The molecule has 0 spiro atoms. The molecule has 0 saturated heterocycles. The lowest BCUT2D eigenvalue weighted by molar-refractivity contribution is 0.637. The second kappa shape index (κ2) is 4.79. The lowest BCUT2D eigenvalue weighted by Crippen LogP contribution is -1.89. The zero-order valence-corrected chi connectivity index (χ0v) is 13.1. The highest BCUT2D eigenvalue weighted by atomic mass is 16.4. The molecule has 0 N–H and O–H groups in total. The number of hydrogen-bond donors (Lipinski definition) is 0. The summed E-state index contributed by atoms with van der Waals surface area (Å²) in [4.78, 5) is 25.9. The Morgan fingerprint density at radius 1 is 0.654 bits per heavy atom. The average molecular weight is 340 g/mol. The van der Waals surface area contributed by atoms with Gasteiger partial charge in [-0.2, -0.15) is 0 Å². The summed E-state index contributed by atoms with van der Waals surface area (Å²) in [7, 11) is 0. The molecule has 6 aromatic rings. The summed E-state index contributed by atoms with van der Waals surface area (Å²) in [6.45, 7) is 0. The number of pyridine rings is 2. The van der Waals surface area contributed by atoms with Crippen molar-refractivity contribution in [1.82, 2.24) is 29.9 Å². The Morgan fingerprint density at radius 2 is 1.54 bits per heavy atom. The van der Waals surface area contributed by atoms with Crippen molar-refractivity contribution in [1.29, 1.82) is 0 Å². The summed E-state index contributed by atoms with van der Waals surface area (Å²) < 4.78 is 11.4. The number of hydrogen-bond acceptors (Lipinski definition) is 8. The minimum atomic E-state index is 0.425. The molecule has 6 aromatic heterocycles. The van der Waals surface area contributed by atoms with Crippen molar-refractivity contribution in [3.63, 3.8) is 0 Å². The van der Waals surface area contributed by atoms with Gasteiger partial charge in [0, 0.05) is 12.4 Å². The molecular formula is C18H8N6O2. The molecule has 0 saturated carbocycles. The predicted octanol–water partition coefficient (Wildman–Crippen LogP) is 3.52. The minimum Gasteiger partial charge on any atom is -0.419 e. The van der Waals surface area contributed by atoms with Gasteiger partial charge in [-0.1, -0.05) is 0 Å². The summed E-state index contributed by atoms with van der Waals surface area (Å²) in [6.07, 6.45) is 6.50. The lowest BCUT2D eigenvalue weighted by atomic mass is 10.2. The van der Waals surface area contributed by atoms with Gasteiger partial charge in [-0.25, -0.2) is 29.9 Å².